The van der Waals surface area contributed by atoms with E-state index < -0.39 is 11.3 Å². The van der Waals surface area contributed by atoms with Gasteiger partial charge in [0.25, 0.3) is 5.92 Å². The Balaban J connectivity index is 1.85. The summed E-state index contributed by atoms with van der Waals surface area (Å²) in [6.07, 6.45) is 0.109. The maximum absolute atomic E-state index is 14.4. The molecule has 1 aromatic rings. The van der Waals surface area contributed by atoms with Gasteiger partial charge in [-0.15, -0.1) is 0 Å². The molecule has 128 valence electrons. The molecule has 24 heavy (non-hydrogen) atoms. The largest absolute Gasteiger partial charge is 0.342 e. The molecule has 0 aliphatic carbocycles. The van der Waals surface area contributed by atoms with Crippen LogP contribution < -0.4 is 0 Å². The number of likely N-dealkylation sites (tertiary alicyclic amines) is 2. The van der Waals surface area contributed by atoms with Crippen LogP contribution in [0.2, 0.25) is 0 Å². The highest BCUT2D eigenvalue weighted by Gasteiger charge is 2.56. The van der Waals surface area contributed by atoms with Gasteiger partial charge in [0, 0.05) is 32.6 Å². The van der Waals surface area contributed by atoms with Crippen molar-refractivity contribution in [3.05, 3.63) is 35.4 Å². The fourth-order valence-corrected chi connectivity index (χ4v) is 4.04. The molecular weight excluding hydrogens is 312 g/mol. The minimum atomic E-state index is -2.89. The number of piperidine rings is 1. The van der Waals surface area contributed by atoms with Crippen LogP contribution in [0.1, 0.15) is 30.9 Å². The number of nitrogens with zero attached hydrogens (tertiary/aromatic N) is 3. The number of alkyl halides is 2. The van der Waals surface area contributed by atoms with Gasteiger partial charge in [0.1, 0.15) is 0 Å². The summed E-state index contributed by atoms with van der Waals surface area (Å²) in [6.45, 7) is 3.21. The molecule has 2 fully saturated rings. The van der Waals surface area contributed by atoms with Crippen LogP contribution in [0.4, 0.5) is 8.78 Å². The van der Waals surface area contributed by atoms with Crippen LogP contribution in [0, 0.1) is 16.7 Å². The van der Waals surface area contributed by atoms with Crippen molar-refractivity contribution in [1.29, 1.82) is 5.26 Å². The third-order valence-electron chi connectivity index (χ3n) is 5.09. The fourth-order valence-electron chi connectivity index (χ4n) is 4.04. The van der Waals surface area contributed by atoms with Gasteiger partial charge < -0.3 is 4.90 Å². The van der Waals surface area contributed by atoms with Gasteiger partial charge >= 0.3 is 0 Å². The Bertz CT molecular complexity index is 685. The minimum Gasteiger partial charge on any atom is -0.342 e. The van der Waals surface area contributed by atoms with Gasteiger partial charge in [0.2, 0.25) is 5.91 Å². The lowest BCUT2D eigenvalue weighted by Crippen LogP contribution is -2.55. The van der Waals surface area contributed by atoms with Crippen LogP contribution in [0.5, 0.6) is 0 Å². The first-order chi connectivity index (χ1) is 11.4. The van der Waals surface area contributed by atoms with Crippen LogP contribution in [0.25, 0.3) is 0 Å². The molecule has 0 saturated carbocycles. The quantitative estimate of drug-likeness (QED) is 0.854. The molecule has 0 N–H and O–H groups in total. The number of halogens is 2. The molecule has 1 amide bonds. The smallest absolute Gasteiger partial charge is 0.261 e. The van der Waals surface area contributed by atoms with E-state index >= 15 is 0 Å². The van der Waals surface area contributed by atoms with E-state index in [0.29, 0.717) is 31.6 Å². The Morgan fingerprint density at radius 3 is 2.71 bits per heavy atom. The van der Waals surface area contributed by atoms with Crippen molar-refractivity contribution >= 4 is 5.91 Å². The van der Waals surface area contributed by atoms with Crippen LogP contribution in [-0.2, 0) is 11.3 Å². The molecule has 1 spiro atoms. The Labute approximate surface area is 140 Å². The lowest BCUT2D eigenvalue weighted by atomic mass is 9.76. The SMILES string of the molecule is CCN1CC[C@]2(CN(Cc3ccccc3C#N)CC(F)(F)C2)C1=O. The van der Waals surface area contributed by atoms with E-state index in [1.54, 1.807) is 34.1 Å². The molecule has 3 rings (SSSR count). The molecule has 0 radical (unpaired) electrons. The third-order valence-corrected chi connectivity index (χ3v) is 5.09. The zero-order valence-electron chi connectivity index (χ0n) is 13.8. The number of hydrogen-bond acceptors (Lipinski definition) is 3. The van der Waals surface area contributed by atoms with Gasteiger partial charge in [-0.25, -0.2) is 8.78 Å². The molecular formula is C18H21F2N3O. The van der Waals surface area contributed by atoms with Crippen LogP contribution in [0.3, 0.4) is 0 Å². The van der Waals surface area contributed by atoms with Crippen molar-refractivity contribution in [1.82, 2.24) is 9.80 Å². The summed E-state index contributed by atoms with van der Waals surface area (Å²) in [6, 6.07) is 9.13. The van der Waals surface area contributed by atoms with Crippen molar-refractivity contribution in [2.45, 2.75) is 32.2 Å². The second-order valence-electron chi connectivity index (χ2n) is 6.86. The van der Waals surface area contributed by atoms with Crippen LogP contribution in [0.15, 0.2) is 24.3 Å². The van der Waals surface area contributed by atoms with Gasteiger partial charge in [-0.3, -0.25) is 9.69 Å². The van der Waals surface area contributed by atoms with Crippen LogP contribution >= 0.6 is 0 Å². The second kappa shape index (κ2) is 6.14. The number of rotatable bonds is 3. The first-order valence-corrected chi connectivity index (χ1v) is 8.27. The Hall–Kier alpha value is -2.00. The van der Waals surface area contributed by atoms with Gasteiger partial charge in [-0.1, -0.05) is 18.2 Å². The summed E-state index contributed by atoms with van der Waals surface area (Å²) >= 11 is 0. The molecule has 2 heterocycles. The first kappa shape index (κ1) is 16.8. The number of amides is 1. The van der Waals surface area contributed by atoms with Gasteiger partial charge in [0.05, 0.1) is 23.6 Å². The topological polar surface area (TPSA) is 47.3 Å². The highest BCUT2D eigenvalue weighted by Crippen LogP contribution is 2.45. The third kappa shape index (κ3) is 3.01. The maximum Gasteiger partial charge on any atom is 0.261 e. The minimum absolute atomic E-state index is 0.150. The lowest BCUT2D eigenvalue weighted by Gasteiger charge is -2.43. The van der Waals surface area contributed by atoms with E-state index in [0.717, 1.165) is 5.56 Å². The fraction of sp³-hybridized carbons (Fsp3) is 0.556. The Kier molecular flexibility index (Phi) is 4.31. The average Bonchev–Trinajstić information content (AvgIpc) is 2.82. The number of nitriles is 1. The molecule has 0 aromatic heterocycles. The predicted molar refractivity (Wildman–Crippen MR) is 85.3 cm³/mol. The van der Waals surface area contributed by atoms with E-state index in [9.17, 15) is 18.8 Å². The molecule has 1 aromatic carbocycles. The molecule has 2 aliphatic heterocycles. The van der Waals surface area contributed by atoms with Gasteiger partial charge in [0.15, 0.2) is 0 Å². The van der Waals surface area contributed by atoms with E-state index in [2.05, 4.69) is 6.07 Å². The lowest BCUT2D eigenvalue weighted by molar-refractivity contribution is -0.155. The summed E-state index contributed by atoms with van der Waals surface area (Å²) in [4.78, 5) is 15.9. The van der Waals surface area contributed by atoms with E-state index in [1.807, 2.05) is 6.92 Å². The normalized spacial score (nSPS) is 26.8. The highest BCUT2D eigenvalue weighted by molar-refractivity contribution is 5.85. The molecule has 4 nitrogen and oxygen atoms in total. The predicted octanol–water partition coefficient (Wildman–Crippen LogP) is 2.64. The highest BCUT2D eigenvalue weighted by atomic mass is 19.3. The van der Waals surface area contributed by atoms with E-state index in [-0.39, 0.29) is 25.4 Å². The van der Waals surface area contributed by atoms with Gasteiger partial charge in [-0.05, 0) is 25.0 Å². The Morgan fingerprint density at radius 1 is 1.29 bits per heavy atom. The van der Waals surface area contributed by atoms with Crippen LogP contribution in [-0.4, -0.2) is 47.8 Å². The summed E-state index contributed by atoms with van der Waals surface area (Å²) in [7, 11) is 0. The number of benzene rings is 1. The molecule has 0 unspecified atom stereocenters. The standard InChI is InChI=1S/C18H21F2N3O/c1-2-23-8-7-17(16(23)24)11-18(19,20)13-22(12-17)10-15-6-4-3-5-14(15)9-21/h3-6H,2,7-8,10-13H2,1H3/t17-/m0/s1. The van der Waals surface area contributed by atoms with Crippen molar-refractivity contribution in [3.63, 3.8) is 0 Å². The zero-order valence-corrected chi connectivity index (χ0v) is 13.8. The van der Waals surface area contributed by atoms with Crippen molar-refractivity contribution in [2.75, 3.05) is 26.2 Å². The molecule has 1 atom stereocenters. The molecule has 6 heteroatoms. The number of carbonyl (C=O) groups is 1. The van der Waals surface area contributed by atoms with Gasteiger partial charge in [-0.2, -0.15) is 5.26 Å². The second-order valence-corrected chi connectivity index (χ2v) is 6.86. The summed E-state index contributed by atoms with van der Waals surface area (Å²) in [5, 5.41) is 9.19. The number of hydrogen-bond donors (Lipinski definition) is 0. The summed E-state index contributed by atoms with van der Waals surface area (Å²) < 4.78 is 28.7. The summed E-state index contributed by atoms with van der Waals surface area (Å²) in [5.41, 5.74) is 0.235. The van der Waals surface area contributed by atoms with E-state index in [4.69, 9.17) is 0 Å². The average molecular weight is 333 g/mol. The van der Waals surface area contributed by atoms with Crippen molar-refractivity contribution in [2.24, 2.45) is 5.41 Å². The monoisotopic (exact) mass is 333 g/mol. The number of carbonyl (C=O) groups excluding carboxylic acids is 1. The molecule has 0 bridgehead atoms. The molecule has 2 aliphatic rings. The first-order valence-electron chi connectivity index (χ1n) is 8.27. The van der Waals surface area contributed by atoms with Crippen molar-refractivity contribution in [3.8, 4) is 6.07 Å². The summed E-state index contributed by atoms with van der Waals surface area (Å²) in [5.74, 6) is -3.04. The van der Waals surface area contributed by atoms with Crippen molar-refractivity contribution < 1.29 is 13.6 Å². The molecule has 2 saturated heterocycles. The Morgan fingerprint density at radius 2 is 2.04 bits per heavy atom. The maximum atomic E-state index is 14.4. The van der Waals surface area contributed by atoms with E-state index in [1.165, 1.54) is 0 Å². The zero-order chi connectivity index (χ0) is 17.4.